The second-order valence-electron chi connectivity index (χ2n) is 5.80. The Balaban J connectivity index is 0.00000200. The zero-order valence-corrected chi connectivity index (χ0v) is 14.3. The number of imidazole rings is 1. The van der Waals surface area contributed by atoms with E-state index in [9.17, 15) is 4.79 Å². The van der Waals surface area contributed by atoms with Crippen molar-refractivity contribution in [1.29, 1.82) is 0 Å². The number of amides is 1. The van der Waals surface area contributed by atoms with Crippen molar-refractivity contribution in [3.8, 4) is 0 Å². The van der Waals surface area contributed by atoms with Gasteiger partial charge in [0.15, 0.2) is 0 Å². The maximum atomic E-state index is 12.2. The maximum absolute atomic E-state index is 12.2. The highest BCUT2D eigenvalue weighted by atomic mass is 35.5. The van der Waals surface area contributed by atoms with Crippen molar-refractivity contribution in [3.05, 3.63) is 18.7 Å². The molecule has 1 atom stereocenters. The number of carbonyl (C=O) groups excluding carboxylic acids is 1. The Hall–Kier alpha value is -0.780. The smallest absolute Gasteiger partial charge is 0.239 e. The van der Waals surface area contributed by atoms with Crippen molar-refractivity contribution >= 4 is 30.7 Å². The molecule has 1 aromatic heterocycles. The van der Waals surface area contributed by atoms with Crippen LogP contribution in [0.3, 0.4) is 0 Å². The van der Waals surface area contributed by atoms with Gasteiger partial charge in [0.2, 0.25) is 5.91 Å². The van der Waals surface area contributed by atoms with Crippen molar-refractivity contribution in [2.75, 3.05) is 13.1 Å². The number of nitrogens with two attached hydrogens (primary N) is 1. The molecule has 21 heavy (non-hydrogen) atoms. The molecule has 1 aliphatic heterocycles. The lowest BCUT2D eigenvalue weighted by atomic mass is 10.0. The minimum absolute atomic E-state index is 0. The number of carbonyl (C=O) groups is 1. The molecule has 0 spiro atoms. The largest absolute Gasteiger partial charge is 0.341 e. The fourth-order valence-corrected chi connectivity index (χ4v) is 2.71. The minimum atomic E-state index is -0.343. The minimum Gasteiger partial charge on any atom is -0.341 e. The van der Waals surface area contributed by atoms with Crippen LogP contribution >= 0.6 is 24.8 Å². The summed E-state index contributed by atoms with van der Waals surface area (Å²) in [6, 6.07) is 0.123. The molecule has 0 unspecified atom stereocenters. The standard InChI is InChI=1S/C14H24N4O.2ClH/c1-11(2)9-13(15)14(19)17-6-3-12(4-7-17)18-8-5-16-10-18;;/h5,8,10-13H,3-4,6-7,9,15H2,1-2H3;2*1H/t13-;;/m0../s1. The van der Waals surface area contributed by atoms with Gasteiger partial charge >= 0.3 is 0 Å². The quantitative estimate of drug-likeness (QED) is 0.917. The molecule has 2 heterocycles. The molecule has 0 radical (unpaired) electrons. The topological polar surface area (TPSA) is 64.2 Å². The number of hydrogen-bond donors (Lipinski definition) is 1. The molecule has 2 rings (SSSR count). The van der Waals surface area contributed by atoms with Gasteiger partial charge in [-0.3, -0.25) is 4.79 Å². The third kappa shape index (κ3) is 5.49. The van der Waals surface area contributed by atoms with Crippen molar-refractivity contribution in [2.24, 2.45) is 11.7 Å². The van der Waals surface area contributed by atoms with E-state index in [-0.39, 0.29) is 36.8 Å². The molecule has 5 nitrogen and oxygen atoms in total. The Morgan fingerprint density at radius 3 is 2.43 bits per heavy atom. The second kappa shape index (κ2) is 9.28. The molecular weight excluding hydrogens is 311 g/mol. The summed E-state index contributed by atoms with van der Waals surface area (Å²) in [5.74, 6) is 0.570. The van der Waals surface area contributed by atoms with Crippen LogP contribution in [-0.2, 0) is 4.79 Å². The lowest BCUT2D eigenvalue weighted by molar-refractivity contribution is -0.134. The Morgan fingerprint density at radius 2 is 1.95 bits per heavy atom. The van der Waals surface area contributed by atoms with Gasteiger partial charge in [-0.1, -0.05) is 13.8 Å². The molecule has 2 N–H and O–H groups in total. The average Bonchev–Trinajstić information content (AvgIpc) is 2.91. The first-order chi connectivity index (χ1) is 9.08. The van der Waals surface area contributed by atoms with Gasteiger partial charge in [-0.25, -0.2) is 4.98 Å². The first-order valence-corrected chi connectivity index (χ1v) is 7.09. The average molecular weight is 337 g/mol. The Kier molecular flexibility index (Phi) is 8.94. The summed E-state index contributed by atoms with van der Waals surface area (Å²) < 4.78 is 2.13. The molecule has 1 fully saturated rings. The predicted octanol–water partition coefficient (Wildman–Crippen LogP) is 2.26. The molecule has 7 heteroatoms. The summed E-state index contributed by atoms with van der Waals surface area (Å²) >= 11 is 0. The van der Waals surface area contributed by atoms with Crippen LogP contribution in [0.2, 0.25) is 0 Å². The van der Waals surface area contributed by atoms with E-state index in [2.05, 4.69) is 23.4 Å². The summed E-state index contributed by atoms with van der Waals surface area (Å²) in [6.07, 6.45) is 8.38. The van der Waals surface area contributed by atoms with Gasteiger partial charge < -0.3 is 15.2 Å². The Bertz CT molecular complexity index is 403. The third-order valence-electron chi connectivity index (χ3n) is 3.77. The van der Waals surface area contributed by atoms with Crippen LogP contribution in [0.4, 0.5) is 0 Å². The van der Waals surface area contributed by atoms with Crippen molar-refractivity contribution in [2.45, 2.75) is 45.2 Å². The highest BCUT2D eigenvalue weighted by molar-refractivity contribution is 5.85. The molecular formula is C14H26Cl2N4O. The van der Waals surface area contributed by atoms with Crippen LogP contribution < -0.4 is 5.73 Å². The highest BCUT2D eigenvalue weighted by Crippen LogP contribution is 2.22. The van der Waals surface area contributed by atoms with Gasteiger partial charge in [-0.2, -0.15) is 0 Å². The predicted molar refractivity (Wildman–Crippen MR) is 89.0 cm³/mol. The maximum Gasteiger partial charge on any atom is 0.239 e. The van der Waals surface area contributed by atoms with E-state index >= 15 is 0 Å². The third-order valence-corrected chi connectivity index (χ3v) is 3.77. The van der Waals surface area contributed by atoms with Crippen LogP contribution in [-0.4, -0.2) is 39.5 Å². The summed E-state index contributed by atoms with van der Waals surface area (Å²) in [5.41, 5.74) is 5.97. The lowest BCUT2D eigenvalue weighted by Crippen LogP contribution is -2.47. The van der Waals surface area contributed by atoms with E-state index in [1.807, 2.05) is 17.4 Å². The first kappa shape index (κ1) is 20.2. The summed E-state index contributed by atoms with van der Waals surface area (Å²) in [4.78, 5) is 18.2. The highest BCUT2D eigenvalue weighted by Gasteiger charge is 2.27. The summed E-state index contributed by atoms with van der Waals surface area (Å²) in [5, 5.41) is 0. The van der Waals surface area contributed by atoms with Crippen LogP contribution in [0.25, 0.3) is 0 Å². The van der Waals surface area contributed by atoms with Crippen LogP contribution in [0.5, 0.6) is 0 Å². The van der Waals surface area contributed by atoms with Crippen molar-refractivity contribution in [3.63, 3.8) is 0 Å². The Labute approximate surface area is 139 Å². The molecule has 0 aromatic carbocycles. The van der Waals surface area contributed by atoms with Crippen LogP contribution in [0.15, 0.2) is 18.7 Å². The van der Waals surface area contributed by atoms with E-state index in [0.29, 0.717) is 12.0 Å². The molecule has 0 bridgehead atoms. The Morgan fingerprint density at radius 1 is 1.33 bits per heavy atom. The van der Waals surface area contributed by atoms with E-state index in [1.165, 1.54) is 0 Å². The molecule has 1 amide bonds. The summed E-state index contributed by atoms with van der Waals surface area (Å²) in [6.45, 7) is 5.79. The lowest BCUT2D eigenvalue weighted by Gasteiger charge is -2.34. The van der Waals surface area contributed by atoms with E-state index in [4.69, 9.17) is 5.73 Å². The second-order valence-corrected chi connectivity index (χ2v) is 5.80. The molecule has 0 saturated carbocycles. The number of nitrogens with zero attached hydrogens (tertiary/aromatic N) is 3. The fourth-order valence-electron chi connectivity index (χ4n) is 2.71. The normalized spacial score (nSPS) is 17.0. The van der Waals surface area contributed by atoms with Gasteiger partial charge in [0.25, 0.3) is 0 Å². The first-order valence-electron chi connectivity index (χ1n) is 7.09. The van der Waals surface area contributed by atoms with E-state index < -0.39 is 0 Å². The number of aromatic nitrogens is 2. The molecule has 1 aromatic rings. The molecule has 122 valence electrons. The van der Waals surface area contributed by atoms with Crippen molar-refractivity contribution in [1.82, 2.24) is 14.5 Å². The van der Waals surface area contributed by atoms with E-state index in [0.717, 1.165) is 32.4 Å². The monoisotopic (exact) mass is 336 g/mol. The number of likely N-dealkylation sites (tertiary alicyclic amines) is 1. The van der Waals surface area contributed by atoms with Gasteiger partial charge in [-0.05, 0) is 25.2 Å². The van der Waals surface area contributed by atoms with Crippen molar-refractivity contribution < 1.29 is 4.79 Å². The van der Waals surface area contributed by atoms with E-state index in [1.54, 1.807) is 6.20 Å². The number of rotatable bonds is 4. The van der Waals surface area contributed by atoms with Gasteiger partial charge in [0.1, 0.15) is 0 Å². The number of halogens is 2. The van der Waals surface area contributed by atoms with Crippen LogP contribution in [0, 0.1) is 5.92 Å². The molecule has 1 aliphatic rings. The SMILES string of the molecule is CC(C)C[C@H](N)C(=O)N1CCC(n2ccnc2)CC1.Cl.Cl. The zero-order valence-electron chi connectivity index (χ0n) is 12.6. The van der Waals surface area contributed by atoms with Gasteiger partial charge in [-0.15, -0.1) is 24.8 Å². The van der Waals surface area contributed by atoms with Gasteiger partial charge in [0.05, 0.1) is 12.4 Å². The molecule has 0 aliphatic carbocycles. The zero-order chi connectivity index (χ0) is 13.8. The number of hydrogen-bond acceptors (Lipinski definition) is 3. The van der Waals surface area contributed by atoms with Crippen LogP contribution in [0.1, 0.15) is 39.2 Å². The summed E-state index contributed by atoms with van der Waals surface area (Å²) in [7, 11) is 0. The van der Waals surface area contributed by atoms with Gasteiger partial charge in [0, 0.05) is 31.5 Å². The fraction of sp³-hybridized carbons (Fsp3) is 0.714. The number of piperidine rings is 1. The molecule has 1 saturated heterocycles.